The van der Waals surface area contributed by atoms with E-state index in [1.165, 1.54) is 11.3 Å². The SMILES string of the molecule is c1ccc(-n2ncc3c(N4CCNc5ccccc5C4)ncnc32)cc1. The molecule has 0 saturated carbocycles. The fraction of sp³-hybridized carbons (Fsp3) is 0.150. The molecule has 6 heteroatoms. The lowest BCUT2D eigenvalue weighted by Crippen LogP contribution is -2.26. The van der Waals surface area contributed by atoms with Gasteiger partial charge in [0, 0.05) is 25.3 Å². The van der Waals surface area contributed by atoms with Gasteiger partial charge in [-0.25, -0.2) is 14.6 Å². The van der Waals surface area contributed by atoms with Crippen LogP contribution in [-0.4, -0.2) is 32.8 Å². The molecular formula is C20H18N6. The molecule has 2 aromatic carbocycles. The average molecular weight is 342 g/mol. The van der Waals surface area contributed by atoms with Crippen LogP contribution in [0, 0.1) is 0 Å². The van der Waals surface area contributed by atoms with Crippen LogP contribution in [0.15, 0.2) is 67.1 Å². The Morgan fingerprint density at radius 3 is 2.69 bits per heavy atom. The van der Waals surface area contributed by atoms with Gasteiger partial charge in [-0.1, -0.05) is 36.4 Å². The zero-order valence-corrected chi connectivity index (χ0v) is 14.2. The van der Waals surface area contributed by atoms with Crippen molar-refractivity contribution in [2.24, 2.45) is 0 Å². The van der Waals surface area contributed by atoms with Crippen molar-refractivity contribution in [3.8, 4) is 5.69 Å². The van der Waals surface area contributed by atoms with Crippen molar-refractivity contribution >= 4 is 22.5 Å². The molecule has 4 aromatic rings. The first-order valence-corrected chi connectivity index (χ1v) is 8.71. The van der Waals surface area contributed by atoms with Gasteiger partial charge in [0.25, 0.3) is 0 Å². The smallest absolute Gasteiger partial charge is 0.168 e. The highest BCUT2D eigenvalue weighted by Crippen LogP contribution is 2.28. The van der Waals surface area contributed by atoms with E-state index in [1.54, 1.807) is 6.33 Å². The molecular weight excluding hydrogens is 324 g/mol. The minimum atomic E-state index is 0.811. The maximum absolute atomic E-state index is 4.59. The molecule has 0 bridgehead atoms. The molecule has 1 N–H and O–H groups in total. The molecule has 5 rings (SSSR count). The highest BCUT2D eigenvalue weighted by atomic mass is 15.3. The molecule has 128 valence electrons. The molecule has 0 aliphatic carbocycles. The van der Waals surface area contributed by atoms with Gasteiger partial charge in [0.1, 0.15) is 12.1 Å². The number of hydrogen-bond acceptors (Lipinski definition) is 5. The molecule has 2 aromatic heterocycles. The number of para-hydroxylation sites is 2. The molecule has 6 nitrogen and oxygen atoms in total. The zero-order valence-electron chi connectivity index (χ0n) is 14.2. The van der Waals surface area contributed by atoms with Crippen LogP contribution < -0.4 is 10.2 Å². The molecule has 0 fully saturated rings. The van der Waals surface area contributed by atoms with Crippen LogP contribution in [0.5, 0.6) is 0 Å². The monoisotopic (exact) mass is 342 g/mol. The molecule has 0 radical (unpaired) electrons. The van der Waals surface area contributed by atoms with Crippen molar-refractivity contribution in [2.45, 2.75) is 6.54 Å². The molecule has 0 atom stereocenters. The molecule has 1 aliphatic heterocycles. The van der Waals surface area contributed by atoms with Gasteiger partial charge in [-0.2, -0.15) is 5.10 Å². The Morgan fingerprint density at radius 2 is 1.77 bits per heavy atom. The Kier molecular flexibility index (Phi) is 3.52. The molecule has 0 amide bonds. The molecule has 0 saturated heterocycles. The summed E-state index contributed by atoms with van der Waals surface area (Å²) in [5.41, 5.74) is 4.29. The predicted octanol–water partition coefficient (Wildman–Crippen LogP) is 3.25. The van der Waals surface area contributed by atoms with Crippen molar-refractivity contribution in [3.05, 3.63) is 72.7 Å². The summed E-state index contributed by atoms with van der Waals surface area (Å²) in [4.78, 5) is 11.4. The van der Waals surface area contributed by atoms with Crippen LogP contribution in [0.1, 0.15) is 5.56 Å². The average Bonchev–Trinajstić information content (AvgIpc) is 3.01. The lowest BCUT2D eigenvalue weighted by Gasteiger charge is -2.21. The lowest BCUT2D eigenvalue weighted by molar-refractivity contribution is 0.813. The van der Waals surface area contributed by atoms with E-state index in [1.807, 2.05) is 41.2 Å². The van der Waals surface area contributed by atoms with Crippen molar-refractivity contribution in [2.75, 3.05) is 23.3 Å². The Morgan fingerprint density at radius 1 is 0.923 bits per heavy atom. The van der Waals surface area contributed by atoms with E-state index in [2.05, 4.69) is 49.5 Å². The molecule has 1 aliphatic rings. The second-order valence-electron chi connectivity index (χ2n) is 6.33. The third-order valence-electron chi connectivity index (χ3n) is 4.72. The zero-order chi connectivity index (χ0) is 17.3. The van der Waals surface area contributed by atoms with Gasteiger partial charge in [0.15, 0.2) is 5.65 Å². The third kappa shape index (κ3) is 2.47. The quantitative estimate of drug-likeness (QED) is 0.606. The van der Waals surface area contributed by atoms with Crippen LogP contribution in [0.3, 0.4) is 0 Å². The number of aromatic nitrogens is 4. The number of fused-ring (bicyclic) bond motifs is 2. The topological polar surface area (TPSA) is 58.9 Å². The lowest BCUT2D eigenvalue weighted by atomic mass is 10.1. The number of nitrogens with one attached hydrogen (secondary N) is 1. The molecule has 0 unspecified atom stereocenters. The fourth-order valence-electron chi connectivity index (χ4n) is 3.46. The summed E-state index contributed by atoms with van der Waals surface area (Å²) in [5.74, 6) is 0.927. The van der Waals surface area contributed by atoms with Crippen LogP contribution in [0.4, 0.5) is 11.5 Å². The Balaban J connectivity index is 1.59. The van der Waals surface area contributed by atoms with Crippen LogP contribution >= 0.6 is 0 Å². The summed E-state index contributed by atoms with van der Waals surface area (Å²) in [6.07, 6.45) is 3.49. The van der Waals surface area contributed by atoms with E-state index in [9.17, 15) is 0 Å². The van der Waals surface area contributed by atoms with Crippen molar-refractivity contribution in [3.63, 3.8) is 0 Å². The fourth-order valence-corrected chi connectivity index (χ4v) is 3.46. The maximum Gasteiger partial charge on any atom is 0.168 e. The standard InChI is InChI=1S/C20H18N6/c1-2-7-16(8-3-1)26-20-17(12-24-26)19(22-14-23-20)25-11-10-21-18-9-5-4-6-15(18)13-25/h1-9,12,14,21H,10-11,13H2. The number of rotatable bonds is 2. The first-order valence-electron chi connectivity index (χ1n) is 8.71. The summed E-state index contributed by atoms with van der Waals surface area (Å²) in [5, 5.41) is 9.03. The van der Waals surface area contributed by atoms with E-state index >= 15 is 0 Å². The van der Waals surface area contributed by atoms with E-state index in [0.717, 1.165) is 42.2 Å². The van der Waals surface area contributed by atoms with Gasteiger partial charge in [0.05, 0.1) is 17.3 Å². The van der Waals surface area contributed by atoms with Gasteiger partial charge < -0.3 is 10.2 Å². The first-order chi connectivity index (χ1) is 12.9. The van der Waals surface area contributed by atoms with Gasteiger partial charge in [0.2, 0.25) is 0 Å². The van der Waals surface area contributed by atoms with E-state index in [4.69, 9.17) is 0 Å². The first kappa shape index (κ1) is 14.9. The number of nitrogens with zero attached hydrogens (tertiary/aromatic N) is 5. The third-order valence-corrected chi connectivity index (χ3v) is 4.72. The summed E-state index contributed by atoms with van der Waals surface area (Å²) in [7, 11) is 0. The Labute approximate surface area is 151 Å². The second kappa shape index (κ2) is 6.15. The Bertz CT molecular complexity index is 1060. The largest absolute Gasteiger partial charge is 0.383 e. The van der Waals surface area contributed by atoms with E-state index in [0.29, 0.717) is 0 Å². The molecule has 0 spiro atoms. The summed E-state index contributed by atoms with van der Waals surface area (Å²) in [6.45, 7) is 2.55. The predicted molar refractivity (Wildman–Crippen MR) is 103 cm³/mol. The highest BCUT2D eigenvalue weighted by Gasteiger charge is 2.19. The second-order valence-corrected chi connectivity index (χ2v) is 6.33. The van der Waals surface area contributed by atoms with Gasteiger partial charge in [-0.05, 0) is 23.8 Å². The summed E-state index contributed by atoms with van der Waals surface area (Å²) >= 11 is 0. The van der Waals surface area contributed by atoms with Crippen LogP contribution in [-0.2, 0) is 6.54 Å². The maximum atomic E-state index is 4.59. The minimum Gasteiger partial charge on any atom is -0.383 e. The van der Waals surface area contributed by atoms with Crippen LogP contribution in [0.2, 0.25) is 0 Å². The van der Waals surface area contributed by atoms with Crippen molar-refractivity contribution < 1.29 is 0 Å². The molecule has 3 heterocycles. The number of hydrogen-bond donors (Lipinski definition) is 1. The summed E-state index contributed by atoms with van der Waals surface area (Å²) in [6, 6.07) is 18.5. The minimum absolute atomic E-state index is 0.811. The van der Waals surface area contributed by atoms with E-state index in [-0.39, 0.29) is 0 Å². The highest BCUT2D eigenvalue weighted by molar-refractivity contribution is 5.87. The Hall–Kier alpha value is -3.41. The van der Waals surface area contributed by atoms with Crippen molar-refractivity contribution in [1.29, 1.82) is 0 Å². The van der Waals surface area contributed by atoms with Crippen molar-refractivity contribution in [1.82, 2.24) is 19.7 Å². The number of benzene rings is 2. The number of anilines is 2. The van der Waals surface area contributed by atoms with Crippen LogP contribution in [0.25, 0.3) is 16.7 Å². The van der Waals surface area contributed by atoms with E-state index < -0.39 is 0 Å². The summed E-state index contributed by atoms with van der Waals surface area (Å²) < 4.78 is 1.87. The van der Waals surface area contributed by atoms with Gasteiger partial charge in [-0.15, -0.1) is 0 Å². The molecule has 26 heavy (non-hydrogen) atoms. The van der Waals surface area contributed by atoms with Gasteiger partial charge >= 0.3 is 0 Å². The van der Waals surface area contributed by atoms with Gasteiger partial charge in [-0.3, -0.25) is 0 Å². The normalized spacial score (nSPS) is 13.9.